The maximum absolute atomic E-state index is 12.8. The monoisotopic (exact) mass is 2090 g/mol. The lowest BCUT2D eigenvalue weighted by atomic mass is 10.1. The van der Waals surface area contributed by atoms with E-state index in [1.807, 2.05) is 134 Å². The molecule has 0 atom stereocenters. The second kappa shape index (κ2) is 52.0. The number of benzene rings is 7. The van der Waals surface area contributed by atoms with Gasteiger partial charge in [0.2, 0.25) is 0 Å². The lowest BCUT2D eigenvalue weighted by Gasteiger charge is -2.26. The Morgan fingerprint density at radius 2 is 0.822 bits per heavy atom. The third-order valence-corrected chi connectivity index (χ3v) is 24.6. The summed E-state index contributed by atoms with van der Waals surface area (Å²) < 4.78 is 30.1. The summed E-state index contributed by atoms with van der Waals surface area (Å²) in [6.07, 6.45) is 17.4. The molecule has 0 unspecified atom stereocenters. The van der Waals surface area contributed by atoms with Gasteiger partial charge in [0, 0.05) is 176 Å². The van der Waals surface area contributed by atoms with E-state index in [0.29, 0.717) is 153 Å². The first kappa shape index (κ1) is 108. The molecule has 0 bridgehead atoms. The van der Waals surface area contributed by atoms with Crippen LogP contribution in [-0.4, -0.2) is 174 Å². The molecule has 9 aromatic heterocycles. The van der Waals surface area contributed by atoms with Crippen LogP contribution < -0.4 is 37.2 Å². The van der Waals surface area contributed by atoms with Gasteiger partial charge in [-0.2, -0.15) is 0 Å². The molecule has 0 aliphatic carbocycles. The normalized spacial score (nSPS) is 11.4. The highest BCUT2D eigenvalue weighted by molar-refractivity contribution is 7.89. The van der Waals surface area contributed by atoms with Crippen LogP contribution in [-0.2, 0) is 26.9 Å². The van der Waals surface area contributed by atoms with Crippen molar-refractivity contribution in [3.8, 4) is 62.0 Å². The van der Waals surface area contributed by atoms with Crippen molar-refractivity contribution < 1.29 is 51.8 Å². The average molecular weight is 2100 g/mol. The van der Waals surface area contributed by atoms with Gasteiger partial charge in [0.15, 0.2) is 9.84 Å². The second-order valence-corrected chi connectivity index (χ2v) is 38.1. The number of ether oxygens (including phenoxy) is 1. The molecular weight excluding hydrogens is 2000 g/mol. The highest BCUT2D eigenvalue weighted by Crippen LogP contribution is 2.37. The summed E-state index contributed by atoms with van der Waals surface area (Å²) in [7, 11) is 0.00323. The summed E-state index contributed by atoms with van der Waals surface area (Å²) in [5.74, 6) is -0.473. The third-order valence-electron chi connectivity index (χ3n) is 21.8. The Kier molecular flexibility index (Phi) is 38.3. The van der Waals surface area contributed by atoms with E-state index in [1.54, 1.807) is 178 Å². The van der Waals surface area contributed by atoms with Gasteiger partial charge in [0.25, 0.3) is 41.4 Å². The van der Waals surface area contributed by atoms with Crippen molar-refractivity contribution >= 4 is 161 Å². The SMILES string of the molecule is CN(C)C(=O)c1ccc(C(=O)Nc2ccc(Cl)c(-c3ccccn3)c2)c(Cl)c1.CS(=O)(=O)Cc1ccc(C(=O)Nc2ccc(Cl)c(-c3ccccn3)c2)cc1O.Cc1nc(NCC(C)C)ccc1C(=O)Nc1ccc(Cl)c(-c2ccccn2)c1.Cc1nc(NCCCn2ccnc2)ccc1C(=O)Nc1ccc(Cl)c(-c2ccccn2)c1.O=C(Nc1ccc(Cl)c(-c2ccccn2)c1)c1ccc(C(=O)N2CCOCC2)nc1. The molecule has 1 saturated heterocycles. The molecule has 30 nitrogen and oxygen atoms in total. The van der Waals surface area contributed by atoms with E-state index in [1.165, 1.54) is 41.4 Å². The van der Waals surface area contributed by atoms with Gasteiger partial charge in [-0.05, 0) is 245 Å². The smallest absolute Gasteiger partial charge is 0.272 e. The minimum absolute atomic E-state index is 0.164. The number of phenolic OH excluding ortho intramolecular Hbond substituents is 1. The fraction of sp³-hybridized carbons (Fsp3) is 0.156. The fourth-order valence-corrected chi connectivity index (χ4v) is 16.5. The number of carbonyl (C=O) groups excluding carboxylic acids is 7. The van der Waals surface area contributed by atoms with E-state index >= 15 is 0 Å². The molecule has 37 heteroatoms. The number of hydrogen-bond donors (Lipinski definition) is 8. The Bertz CT molecular complexity index is 7420. The van der Waals surface area contributed by atoms with Crippen LogP contribution >= 0.6 is 69.6 Å². The first-order valence-electron chi connectivity index (χ1n) is 45.6. The summed E-state index contributed by atoms with van der Waals surface area (Å²) >= 11 is 37.7. The Labute approximate surface area is 873 Å². The minimum atomic E-state index is -3.30. The van der Waals surface area contributed by atoms with Crippen molar-refractivity contribution in [2.45, 2.75) is 46.4 Å². The molecule has 17 rings (SSSR count). The van der Waals surface area contributed by atoms with Gasteiger partial charge in [-0.1, -0.05) is 120 Å². The van der Waals surface area contributed by atoms with Gasteiger partial charge < -0.3 is 61.4 Å². The van der Waals surface area contributed by atoms with Gasteiger partial charge in [-0.25, -0.2) is 23.4 Å². The summed E-state index contributed by atoms with van der Waals surface area (Å²) in [5, 5.41) is 33.7. The molecule has 0 spiro atoms. The average Bonchev–Trinajstić information content (AvgIpc) is 1.70. The number of nitrogens with zero attached hydrogens (tertiary/aromatic N) is 12. The van der Waals surface area contributed by atoms with E-state index in [4.69, 9.17) is 74.3 Å². The van der Waals surface area contributed by atoms with Crippen molar-refractivity contribution in [3.63, 3.8) is 0 Å². The maximum Gasteiger partial charge on any atom is 0.272 e. The van der Waals surface area contributed by atoms with E-state index in [2.05, 4.69) is 95.9 Å². The zero-order chi connectivity index (χ0) is 104. The van der Waals surface area contributed by atoms with Gasteiger partial charge in [0.05, 0.1) is 118 Å². The number of morpholine rings is 1. The summed E-state index contributed by atoms with van der Waals surface area (Å²) in [6.45, 7) is 12.5. The Balaban J connectivity index is 0.000000153. The van der Waals surface area contributed by atoms with Crippen molar-refractivity contribution in [3.05, 3.63) is 397 Å². The van der Waals surface area contributed by atoms with Crippen molar-refractivity contribution in [1.82, 2.24) is 59.2 Å². The van der Waals surface area contributed by atoms with Crippen molar-refractivity contribution in [2.75, 3.05) is 97.0 Å². The molecule has 0 saturated carbocycles. The number of hydrogen-bond acceptors (Lipinski definition) is 22. The molecule has 16 aromatic rings. The number of amides is 7. The molecule has 1 aliphatic rings. The van der Waals surface area contributed by atoms with Gasteiger partial charge in [-0.3, -0.25) is 63.5 Å². The quantitative estimate of drug-likeness (QED) is 0.0222. The third kappa shape index (κ3) is 30.9. The second-order valence-electron chi connectivity index (χ2n) is 33.5. The molecule has 1 aliphatic heterocycles. The lowest BCUT2D eigenvalue weighted by molar-refractivity contribution is 0.0299. The summed E-state index contributed by atoms with van der Waals surface area (Å²) in [4.78, 5) is 130. The number of halogens is 6. The van der Waals surface area contributed by atoms with E-state index < -0.39 is 15.7 Å². The van der Waals surface area contributed by atoms with Crippen LogP contribution in [0.15, 0.2) is 311 Å². The molecule has 8 N–H and O–H groups in total. The molecule has 0 radical (unpaired) electrons. The number of nitrogens with one attached hydrogen (secondary N) is 7. The predicted molar refractivity (Wildman–Crippen MR) is 577 cm³/mol. The zero-order valence-corrected chi connectivity index (χ0v) is 85.3. The number of imidazole rings is 1. The van der Waals surface area contributed by atoms with Crippen LogP contribution in [0.5, 0.6) is 5.75 Å². The minimum Gasteiger partial charge on any atom is -0.508 e. The predicted octanol–water partition coefficient (Wildman–Crippen LogP) is 22.9. The maximum atomic E-state index is 12.8. The Hall–Kier alpha value is -15.7. The summed E-state index contributed by atoms with van der Waals surface area (Å²) in [6, 6.07) is 72.9. The van der Waals surface area contributed by atoms with Crippen molar-refractivity contribution in [1.29, 1.82) is 0 Å². The first-order chi connectivity index (χ1) is 70.2. The van der Waals surface area contributed by atoms with E-state index in [0.717, 1.165) is 72.0 Å². The Morgan fingerprint density at radius 3 is 1.18 bits per heavy atom. The number of aromatic nitrogens is 10. The van der Waals surface area contributed by atoms with Gasteiger partial charge in [-0.15, -0.1) is 0 Å². The van der Waals surface area contributed by atoms with Gasteiger partial charge in [0.1, 0.15) is 23.1 Å². The molecule has 7 amide bonds. The lowest BCUT2D eigenvalue weighted by Crippen LogP contribution is -2.41. The number of carbonyl (C=O) groups is 7. The molecule has 10 heterocycles. The molecule has 744 valence electrons. The van der Waals surface area contributed by atoms with Crippen LogP contribution in [0, 0.1) is 19.8 Å². The fourth-order valence-electron chi connectivity index (χ4n) is 14.4. The van der Waals surface area contributed by atoms with Crippen LogP contribution in [0.4, 0.5) is 40.1 Å². The molecular formula is C109H99Cl6N19O11S. The highest BCUT2D eigenvalue weighted by Gasteiger charge is 2.24. The van der Waals surface area contributed by atoms with Crippen molar-refractivity contribution in [2.24, 2.45) is 5.92 Å². The van der Waals surface area contributed by atoms with Crippen LogP contribution in [0.2, 0.25) is 30.1 Å². The van der Waals surface area contributed by atoms with Crippen LogP contribution in [0.25, 0.3) is 56.3 Å². The highest BCUT2D eigenvalue weighted by atomic mass is 35.5. The summed E-state index contributed by atoms with van der Waals surface area (Å²) in [5.41, 5.74) is 14.3. The number of sulfone groups is 1. The number of anilines is 7. The first-order valence-corrected chi connectivity index (χ1v) is 49.9. The van der Waals surface area contributed by atoms with Gasteiger partial charge >= 0.3 is 0 Å². The largest absolute Gasteiger partial charge is 0.508 e. The van der Waals surface area contributed by atoms with E-state index in [-0.39, 0.29) is 68.7 Å². The number of rotatable bonds is 27. The number of aryl methyl sites for hydroxylation is 3. The molecule has 7 aromatic carbocycles. The topological polar surface area (TPSA) is 395 Å². The zero-order valence-electron chi connectivity index (χ0n) is 80.0. The molecule has 1 fully saturated rings. The number of pyridine rings is 8. The Morgan fingerprint density at radius 1 is 0.432 bits per heavy atom. The molecule has 146 heavy (non-hydrogen) atoms. The van der Waals surface area contributed by atoms with E-state index in [9.17, 15) is 47.1 Å². The van der Waals surface area contributed by atoms with Crippen LogP contribution in [0.1, 0.15) is 110 Å². The van der Waals surface area contributed by atoms with Crippen LogP contribution in [0.3, 0.4) is 0 Å². The number of aromatic hydroxyl groups is 1. The number of phenols is 1. The standard InChI is InChI=1S/C24H23ClN6O.C22H19ClN4O3.C22H23ClN4O.C21H17Cl2N3O2.C20H17ClN2O4S/c1-17-19(7-9-23(29-17)28-11-4-13-31-14-12-26-16-31)24(32)30-18-6-8-21(25)20(15-18)22-5-2-3-10-27-22;23-18-6-5-16(13-17(18)19-3-1-2-8-24-19)26-21(28)15-4-7-20(25-14-15)22(29)27-9-11-30-12-10-27;1-14(2)13-25-21-10-8-17(15(3)26-21)22(28)27-16-7-9-19(23)18(12-16)20-6-4-5-11-24-20;1-26(2)21(28)13-6-8-15(18(23)11-13)20(27)25-14-7-9-17(22)16(12-14)19-5-3-4-10-24-19;1-28(26,27)12-14-6-5-13(10-19(14)24)20(25)23-15-7-8-17(21)16(11-15)18-4-2-3-9-22-18/h2-3,5-10,12,14-16H,4,11,13H2,1H3,(H,28,29)(H,30,32);1-8,13-14H,9-12H2,(H,26,28);4-12,14H,13H2,1-3H3,(H,25,26)(H,27,28);3-12H,1-2H3,(H,25,27);2-11,24H,12H2,1H3,(H,23,25).